The summed E-state index contributed by atoms with van der Waals surface area (Å²) in [6, 6.07) is 12.9. The molecule has 0 spiro atoms. The summed E-state index contributed by atoms with van der Waals surface area (Å²) in [5.41, 5.74) is 0.887. The molecule has 1 aromatic carbocycles. The molecule has 2 heterocycles. The Morgan fingerprint density at radius 3 is 2.78 bits per heavy atom. The summed E-state index contributed by atoms with van der Waals surface area (Å²) in [6.07, 6.45) is 1.52. The van der Waals surface area contributed by atoms with E-state index in [1.807, 2.05) is 30.3 Å². The number of hydrogen-bond donors (Lipinski definition) is 1. The van der Waals surface area contributed by atoms with Crippen LogP contribution in [0.15, 0.2) is 57.7 Å². The van der Waals surface area contributed by atoms with E-state index >= 15 is 0 Å². The third-order valence-corrected chi connectivity index (χ3v) is 3.23. The molecule has 1 N–H and O–H groups in total. The molecule has 0 saturated heterocycles. The number of carbonyl (C=O) groups is 1. The molecule has 6 nitrogen and oxygen atoms in total. The van der Waals surface area contributed by atoms with Crippen LogP contribution in [-0.4, -0.2) is 24.2 Å². The van der Waals surface area contributed by atoms with Crippen molar-refractivity contribution in [2.75, 3.05) is 13.2 Å². The van der Waals surface area contributed by atoms with E-state index in [0.29, 0.717) is 35.9 Å². The van der Waals surface area contributed by atoms with Gasteiger partial charge in [-0.05, 0) is 31.2 Å². The largest absolute Gasteiger partial charge is 0.492 e. The molecule has 0 bridgehead atoms. The molecule has 0 aliphatic rings. The fraction of sp³-hybridized carbons (Fsp3) is 0.176. The predicted octanol–water partition coefficient (Wildman–Crippen LogP) is 3.05. The number of rotatable bonds is 6. The molecular formula is C17H16N2O4. The van der Waals surface area contributed by atoms with Crippen LogP contribution in [0.3, 0.4) is 0 Å². The van der Waals surface area contributed by atoms with E-state index in [1.54, 1.807) is 19.1 Å². The zero-order valence-corrected chi connectivity index (χ0v) is 12.6. The molecular weight excluding hydrogens is 296 g/mol. The summed E-state index contributed by atoms with van der Waals surface area (Å²) in [6.45, 7) is 2.46. The van der Waals surface area contributed by atoms with Gasteiger partial charge < -0.3 is 19.0 Å². The molecule has 0 unspecified atom stereocenters. The van der Waals surface area contributed by atoms with Crippen molar-refractivity contribution in [2.24, 2.45) is 0 Å². The van der Waals surface area contributed by atoms with Crippen molar-refractivity contribution in [3.05, 3.63) is 60.0 Å². The van der Waals surface area contributed by atoms with Crippen LogP contribution in [0.5, 0.6) is 5.75 Å². The summed E-state index contributed by atoms with van der Waals surface area (Å²) in [7, 11) is 0. The van der Waals surface area contributed by atoms with Gasteiger partial charge in [-0.2, -0.15) is 0 Å². The lowest BCUT2D eigenvalue weighted by Crippen LogP contribution is -2.28. The number of amides is 1. The Hall–Kier alpha value is -3.02. The van der Waals surface area contributed by atoms with Gasteiger partial charge >= 0.3 is 0 Å². The van der Waals surface area contributed by atoms with E-state index in [-0.39, 0.29) is 5.91 Å². The minimum absolute atomic E-state index is 0.271. The van der Waals surface area contributed by atoms with Gasteiger partial charge in [0.2, 0.25) is 5.76 Å². The van der Waals surface area contributed by atoms with Crippen LogP contribution < -0.4 is 10.1 Å². The Kier molecular flexibility index (Phi) is 4.42. The molecule has 3 rings (SSSR count). The zero-order chi connectivity index (χ0) is 16.1. The van der Waals surface area contributed by atoms with E-state index < -0.39 is 0 Å². The second-order valence-electron chi connectivity index (χ2n) is 4.87. The normalized spacial score (nSPS) is 10.5. The average Bonchev–Trinajstić information content (AvgIpc) is 3.21. The maximum absolute atomic E-state index is 12.3. The van der Waals surface area contributed by atoms with Gasteiger partial charge in [0.05, 0.1) is 18.5 Å². The highest BCUT2D eigenvalue weighted by Gasteiger charge is 2.23. The van der Waals surface area contributed by atoms with E-state index in [2.05, 4.69) is 10.5 Å². The molecule has 0 saturated carbocycles. The van der Waals surface area contributed by atoms with E-state index in [9.17, 15) is 4.79 Å². The highest BCUT2D eigenvalue weighted by molar-refractivity contribution is 6.00. The fourth-order valence-corrected chi connectivity index (χ4v) is 2.15. The molecule has 3 aromatic rings. The van der Waals surface area contributed by atoms with Crippen molar-refractivity contribution < 1.29 is 18.5 Å². The number of carbonyl (C=O) groups excluding carboxylic acids is 1. The summed E-state index contributed by atoms with van der Waals surface area (Å²) < 4.78 is 16.0. The van der Waals surface area contributed by atoms with Crippen LogP contribution >= 0.6 is 0 Å². The molecule has 0 fully saturated rings. The first-order chi connectivity index (χ1) is 11.3. The zero-order valence-electron chi connectivity index (χ0n) is 12.6. The second-order valence-corrected chi connectivity index (χ2v) is 4.87. The Bertz CT molecular complexity index is 763. The topological polar surface area (TPSA) is 77.5 Å². The lowest BCUT2D eigenvalue weighted by molar-refractivity contribution is 0.0946. The molecule has 2 aromatic heterocycles. The SMILES string of the molecule is Cc1noc(-c2ccco2)c1C(=O)NCCOc1ccccc1. The monoisotopic (exact) mass is 312 g/mol. The summed E-state index contributed by atoms with van der Waals surface area (Å²) in [5, 5.41) is 6.64. The number of aromatic nitrogens is 1. The number of nitrogens with one attached hydrogen (secondary N) is 1. The Balaban J connectivity index is 1.60. The first-order valence-electron chi connectivity index (χ1n) is 7.22. The molecule has 0 atom stereocenters. The van der Waals surface area contributed by atoms with Gasteiger partial charge in [-0.3, -0.25) is 4.79 Å². The van der Waals surface area contributed by atoms with Gasteiger partial charge in [0.1, 0.15) is 17.9 Å². The molecule has 0 radical (unpaired) electrons. The lowest BCUT2D eigenvalue weighted by atomic mass is 10.1. The third-order valence-electron chi connectivity index (χ3n) is 3.23. The van der Waals surface area contributed by atoms with Crippen LogP contribution in [0, 0.1) is 6.92 Å². The van der Waals surface area contributed by atoms with Crippen molar-refractivity contribution in [3.8, 4) is 17.3 Å². The molecule has 0 aliphatic heterocycles. The van der Waals surface area contributed by atoms with Crippen molar-refractivity contribution in [1.29, 1.82) is 0 Å². The number of aryl methyl sites for hydroxylation is 1. The summed E-state index contributed by atoms with van der Waals surface area (Å²) >= 11 is 0. The Morgan fingerprint density at radius 2 is 2.04 bits per heavy atom. The van der Waals surface area contributed by atoms with Gasteiger partial charge in [0, 0.05) is 0 Å². The summed E-state index contributed by atoms with van der Waals surface area (Å²) in [4.78, 5) is 12.3. The average molecular weight is 312 g/mol. The standard InChI is InChI=1S/C17H16N2O4/c1-12-15(16(23-19-12)14-8-5-10-22-14)17(20)18-9-11-21-13-6-3-2-4-7-13/h2-8,10H,9,11H2,1H3,(H,18,20). The van der Waals surface area contributed by atoms with Crippen molar-refractivity contribution in [3.63, 3.8) is 0 Å². The van der Waals surface area contributed by atoms with Gasteiger partial charge in [-0.25, -0.2) is 0 Å². The van der Waals surface area contributed by atoms with Gasteiger partial charge in [-0.1, -0.05) is 23.4 Å². The molecule has 1 amide bonds. The quantitative estimate of drug-likeness (QED) is 0.708. The number of para-hydroxylation sites is 1. The number of ether oxygens (including phenoxy) is 1. The van der Waals surface area contributed by atoms with Crippen LogP contribution in [0.1, 0.15) is 16.1 Å². The van der Waals surface area contributed by atoms with Gasteiger partial charge in [0.25, 0.3) is 5.91 Å². The minimum atomic E-state index is -0.271. The van der Waals surface area contributed by atoms with E-state index in [0.717, 1.165) is 5.75 Å². The summed E-state index contributed by atoms with van der Waals surface area (Å²) in [5.74, 6) is 1.29. The first-order valence-corrected chi connectivity index (χ1v) is 7.22. The molecule has 23 heavy (non-hydrogen) atoms. The second kappa shape index (κ2) is 6.83. The number of furan rings is 1. The van der Waals surface area contributed by atoms with Crippen LogP contribution in [0.4, 0.5) is 0 Å². The van der Waals surface area contributed by atoms with Gasteiger partial charge in [0.15, 0.2) is 5.76 Å². The first kappa shape index (κ1) is 14.9. The molecule has 6 heteroatoms. The third kappa shape index (κ3) is 3.42. The van der Waals surface area contributed by atoms with Crippen LogP contribution in [-0.2, 0) is 0 Å². The molecule has 118 valence electrons. The Morgan fingerprint density at radius 1 is 1.22 bits per heavy atom. The maximum atomic E-state index is 12.3. The number of hydrogen-bond acceptors (Lipinski definition) is 5. The maximum Gasteiger partial charge on any atom is 0.257 e. The lowest BCUT2D eigenvalue weighted by Gasteiger charge is -2.07. The molecule has 0 aliphatic carbocycles. The highest BCUT2D eigenvalue weighted by atomic mass is 16.5. The van der Waals surface area contributed by atoms with Gasteiger partial charge in [-0.15, -0.1) is 0 Å². The Labute approximate surface area is 133 Å². The van der Waals surface area contributed by atoms with Crippen molar-refractivity contribution in [1.82, 2.24) is 10.5 Å². The highest BCUT2D eigenvalue weighted by Crippen LogP contribution is 2.26. The van der Waals surface area contributed by atoms with Crippen LogP contribution in [0.2, 0.25) is 0 Å². The van der Waals surface area contributed by atoms with Crippen LogP contribution in [0.25, 0.3) is 11.5 Å². The fourth-order valence-electron chi connectivity index (χ4n) is 2.15. The van der Waals surface area contributed by atoms with E-state index in [4.69, 9.17) is 13.7 Å². The smallest absolute Gasteiger partial charge is 0.257 e. The number of nitrogens with zero attached hydrogens (tertiary/aromatic N) is 1. The number of benzene rings is 1. The predicted molar refractivity (Wildman–Crippen MR) is 83.2 cm³/mol. The van der Waals surface area contributed by atoms with Crippen molar-refractivity contribution >= 4 is 5.91 Å². The minimum Gasteiger partial charge on any atom is -0.492 e. The van der Waals surface area contributed by atoms with Crippen molar-refractivity contribution in [2.45, 2.75) is 6.92 Å². The van der Waals surface area contributed by atoms with E-state index in [1.165, 1.54) is 6.26 Å².